The molecule has 0 saturated heterocycles. The van der Waals surface area contributed by atoms with Gasteiger partial charge in [-0.15, -0.1) is 0 Å². The second kappa shape index (κ2) is 9.20. The molecule has 0 amide bonds. The lowest BCUT2D eigenvalue weighted by Crippen LogP contribution is -2.06. The van der Waals surface area contributed by atoms with Gasteiger partial charge in [0.1, 0.15) is 16.0 Å². The Morgan fingerprint density at radius 2 is 1.60 bits per heavy atom. The molecule has 3 rings (SSSR count). The fraction of sp³-hybridized carbons (Fsp3) is 0.100. The lowest BCUT2D eigenvalue weighted by Gasteiger charge is -2.16. The maximum absolute atomic E-state index is 9.68. The lowest BCUT2D eigenvalue weighted by atomic mass is 10.1. The largest absolute Gasteiger partial charge is 0.437 e. The molecule has 0 aliphatic rings. The van der Waals surface area contributed by atoms with Crippen LogP contribution in [0.3, 0.4) is 0 Å². The number of nitriles is 2. The normalized spacial score (nSPS) is 10.2. The molecular weight excluding hydrogens is 452 g/mol. The van der Waals surface area contributed by atoms with Crippen LogP contribution in [-0.2, 0) is 13.2 Å². The number of nitrogen functional groups attached to an aromatic ring is 1. The van der Waals surface area contributed by atoms with Gasteiger partial charge in [0.15, 0.2) is 0 Å². The molecule has 10 heteroatoms. The summed E-state index contributed by atoms with van der Waals surface area (Å²) in [6.07, 6.45) is 0. The molecule has 1 heterocycles. The van der Waals surface area contributed by atoms with Crippen molar-refractivity contribution in [3.05, 3.63) is 63.1 Å². The van der Waals surface area contributed by atoms with Crippen molar-refractivity contribution in [3.63, 3.8) is 0 Å². The van der Waals surface area contributed by atoms with Crippen molar-refractivity contribution < 1.29 is 14.9 Å². The monoisotopic (exact) mass is 466 g/mol. The number of nitrogens with two attached hydrogens (primary N) is 1. The summed E-state index contributed by atoms with van der Waals surface area (Å²) >= 11 is 3.28. The quantitative estimate of drug-likeness (QED) is 0.427. The van der Waals surface area contributed by atoms with Crippen LogP contribution in [0.25, 0.3) is 0 Å². The average molecular weight is 467 g/mol. The fourth-order valence-electron chi connectivity index (χ4n) is 2.61. The van der Waals surface area contributed by atoms with Gasteiger partial charge >= 0.3 is 0 Å². The van der Waals surface area contributed by atoms with Crippen LogP contribution >= 0.6 is 15.9 Å². The number of ether oxygens (including phenoxy) is 1. The van der Waals surface area contributed by atoms with Crippen LogP contribution in [0.5, 0.6) is 11.6 Å². The van der Waals surface area contributed by atoms with Gasteiger partial charge in [-0.05, 0) is 52.3 Å². The van der Waals surface area contributed by atoms with E-state index in [1.165, 1.54) is 12.1 Å². The maximum Gasteiger partial charge on any atom is 0.240 e. The van der Waals surface area contributed by atoms with E-state index in [0.717, 1.165) is 0 Å². The molecule has 5 N–H and O–H groups in total. The molecule has 0 spiro atoms. The van der Waals surface area contributed by atoms with Gasteiger partial charge in [-0.25, -0.2) is 0 Å². The molecule has 30 heavy (non-hydrogen) atoms. The van der Waals surface area contributed by atoms with Crippen molar-refractivity contribution in [2.75, 3.05) is 11.1 Å². The van der Waals surface area contributed by atoms with Gasteiger partial charge in [-0.3, -0.25) is 0 Å². The molecule has 0 aliphatic carbocycles. The molecule has 0 atom stereocenters. The predicted octanol–water partition coefficient (Wildman–Crippen LogP) is 3.09. The molecule has 0 radical (unpaired) electrons. The Labute approximate surface area is 180 Å². The minimum atomic E-state index is -0.410. The highest BCUT2D eigenvalue weighted by Gasteiger charge is 2.18. The number of halogens is 1. The Morgan fingerprint density at radius 3 is 2.13 bits per heavy atom. The van der Waals surface area contributed by atoms with Gasteiger partial charge in [0.2, 0.25) is 11.8 Å². The number of nitrogens with one attached hydrogen (secondary N) is 1. The van der Waals surface area contributed by atoms with Gasteiger partial charge in [0.25, 0.3) is 0 Å². The van der Waals surface area contributed by atoms with E-state index in [9.17, 15) is 10.2 Å². The summed E-state index contributed by atoms with van der Waals surface area (Å²) in [5.74, 6) is 0.455. The zero-order chi connectivity index (χ0) is 21.7. The van der Waals surface area contributed by atoms with Crippen LogP contribution < -0.4 is 15.8 Å². The molecular formula is C20H15BrN6O3. The Kier molecular flexibility index (Phi) is 6.45. The van der Waals surface area contributed by atoms with Gasteiger partial charge < -0.3 is 26.0 Å². The molecule has 0 aliphatic heterocycles. The lowest BCUT2D eigenvalue weighted by molar-refractivity contribution is 0.264. The van der Waals surface area contributed by atoms with Crippen LogP contribution in [0.15, 0.2) is 40.9 Å². The van der Waals surface area contributed by atoms with Crippen LogP contribution in [0.1, 0.15) is 22.3 Å². The van der Waals surface area contributed by atoms with E-state index in [2.05, 4.69) is 31.2 Å². The van der Waals surface area contributed by atoms with Crippen LogP contribution in [-0.4, -0.2) is 20.2 Å². The molecule has 9 nitrogen and oxygen atoms in total. The first-order valence-corrected chi connectivity index (χ1v) is 9.34. The second-order valence-electron chi connectivity index (χ2n) is 6.02. The molecule has 0 unspecified atom stereocenters. The maximum atomic E-state index is 9.68. The van der Waals surface area contributed by atoms with E-state index in [0.29, 0.717) is 22.4 Å². The number of hydrogen-bond donors (Lipinski definition) is 4. The Bertz CT molecular complexity index is 1140. The average Bonchev–Trinajstić information content (AvgIpc) is 2.77. The van der Waals surface area contributed by atoms with Gasteiger partial charge in [-0.2, -0.15) is 20.5 Å². The topological polar surface area (TPSA) is 161 Å². The molecule has 3 aromatic rings. The number of nitrogens with zero attached hydrogens (tertiary/aromatic N) is 4. The van der Waals surface area contributed by atoms with Crippen molar-refractivity contribution in [3.8, 4) is 23.8 Å². The highest BCUT2D eigenvalue weighted by molar-refractivity contribution is 9.10. The number of hydrogen-bond acceptors (Lipinski definition) is 9. The minimum Gasteiger partial charge on any atom is -0.437 e. The van der Waals surface area contributed by atoms with Gasteiger partial charge in [-0.1, -0.05) is 0 Å². The second-order valence-corrected chi connectivity index (χ2v) is 6.81. The van der Waals surface area contributed by atoms with Crippen LogP contribution in [0.4, 0.5) is 17.5 Å². The first-order chi connectivity index (χ1) is 14.5. The van der Waals surface area contributed by atoms with Gasteiger partial charge in [0, 0.05) is 16.8 Å². The summed E-state index contributed by atoms with van der Waals surface area (Å²) < 4.78 is 6.14. The number of aromatic nitrogens is 2. The number of benzene rings is 2. The van der Waals surface area contributed by atoms with E-state index < -0.39 is 13.2 Å². The Hall–Kier alpha value is -3.70. The SMILES string of the molecule is N#Cc1ccc(Nc2nc(N)c(Br)c(Oc3c(CO)cc(C#N)cc3CO)n2)cc1. The summed E-state index contributed by atoms with van der Waals surface area (Å²) in [7, 11) is 0. The summed E-state index contributed by atoms with van der Waals surface area (Å²) in [5, 5.41) is 40.3. The van der Waals surface area contributed by atoms with E-state index >= 15 is 0 Å². The summed E-state index contributed by atoms with van der Waals surface area (Å²) in [5.41, 5.74) is 7.99. The fourth-order valence-corrected chi connectivity index (χ4v) is 2.86. The summed E-state index contributed by atoms with van der Waals surface area (Å²) in [6, 6.07) is 13.6. The molecule has 0 saturated carbocycles. The predicted molar refractivity (Wildman–Crippen MR) is 112 cm³/mol. The standard InChI is InChI=1S/C20H15BrN6O3/c21-16-18(24)26-20(25-15-3-1-11(7-22)2-4-15)27-19(16)30-17-13(9-28)5-12(8-23)6-14(17)10-29/h1-6,28-29H,9-10H2,(H3,24,25,26,27). The molecule has 0 fully saturated rings. The number of aliphatic hydroxyl groups excluding tert-OH is 2. The third-order valence-electron chi connectivity index (χ3n) is 4.03. The summed E-state index contributed by atoms with van der Waals surface area (Å²) in [6.45, 7) is -0.821. The van der Waals surface area contributed by atoms with Crippen molar-refractivity contribution in [1.82, 2.24) is 9.97 Å². The van der Waals surface area contributed by atoms with E-state index in [1.54, 1.807) is 24.3 Å². The van der Waals surface area contributed by atoms with Crippen molar-refractivity contribution in [2.24, 2.45) is 0 Å². The third-order valence-corrected chi connectivity index (χ3v) is 4.77. The molecule has 2 aromatic carbocycles. The van der Waals surface area contributed by atoms with Crippen LogP contribution in [0, 0.1) is 22.7 Å². The highest BCUT2D eigenvalue weighted by Crippen LogP contribution is 2.36. The van der Waals surface area contributed by atoms with Crippen molar-refractivity contribution >= 4 is 33.4 Å². The smallest absolute Gasteiger partial charge is 0.240 e. The first-order valence-electron chi connectivity index (χ1n) is 8.54. The van der Waals surface area contributed by atoms with Crippen molar-refractivity contribution in [1.29, 1.82) is 10.5 Å². The number of anilines is 3. The zero-order valence-corrected chi connectivity index (χ0v) is 17.0. The molecule has 1 aromatic heterocycles. The van der Waals surface area contributed by atoms with E-state index in [-0.39, 0.29) is 33.4 Å². The highest BCUT2D eigenvalue weighted by atomic mass is 79.9. The van der Waals surface area contributed by atoms with Gasteiger partial charge in [0.05, 0.1) is 36.5 Å². The zero-order valence-electron chi connectivity index (χ0n) is 15.4. The number of aliphatic hydroxyl groups is 2. The summed E-state index contributed by atoms with van der Waals surface area (Å²) in [4.78, 5) is 8.44. The molecule has 150 valence electrons. The third kappa shape index (κ3) is 4.47. The van der Waals surface area contributed by atoms with Crippen molar-refractivity contribution in [2.45, 2.75) is 13.2 Å². The van der Waals surface area contributed by atoms with E-state index in [4.69, 9.17) is 21.0 Å². The minimum absolute atomic E-state index is 0.0488. The Balaban J connectivity index is 1.99. The number of rotatable bonds is 6. The molecule has 0 bridgehead atoms. The van der Waals surface area contributed by atoms with Crippen LogP contribution in [0.2, 0.25) is 0 Å². The Morgan fingerprint density at radius 1 is 1.00 bits per heavy atom. The van der Waals surface area contributed by atoms with E-state index in [1.807, 2.05) is 12.1 Å². The first kappa shape index (κ1) is 21.0.